The van der Waals surface area contributed by atoms with Gasteiger partial charge in [0.2, 0.25) is 0 Å². The van der Waals surface area contributed by atoms with Gasteiger partial charge < -0.3 is 10.6 Å². The number of hydrogen-bond donors (Lipinski definition) is 1. The summed E-state index contributed by atoms with van der Waals surface area (Å²) in [4.78, 5) is 2.45. The first-order valence-corrected chi connectivity index (χ1v) is 6.47. The number of aromatic nitrogens is 2. The highest BCUT2D eigenvalue weighted by Gasteiger charge is 2.20. The van der Waals surface area contributed by atoms with Crippen molar-refractivity contribution in [2.24, 2.45) is 12.8 Å². The summed E-state index contributed by atoms with van der Waals surface area (Å²) >= 11 is 5.15. The van der Waals surface area contributed by atoms with E-state index in [1.807, 2.05) is 37.8 Å². The van der Waals surface area contributed by atoms with Crippen LogP contribution in [0.25, 0.3) is 0 Å². The van der Waals surface area contributed by atoms with Gasteiger partial charge in [-0.05, 0) is 25.5 Å². The first-order valence-electron chi connectivity index (χ1n) is 6.06. The molecular formula is C14H18N4S. The molecular weight excluding hydrogens is 256 g/mol. The molecule has 1 aromatic carbocycles. The molecule has 4 nitrogen and oxygen atoms in total. The first kappa shape index (κ1) is 13.5. The molecule has 0 aliphatic heterocycles. The molecule has 0 fully saturated rings. The Bertz CT molecular complexity index is 630. The van der Waals surface area contributed by atoms with Crippen molar-refractivity contribution in [3.8, 4) is 0 Å². The summed E-state index contributed by atoms with van der Waals surface area (Å²) in [5, 5.41) is 4.42. The largest absolute Gasteiger partial charge is 0.389 e. The lowest BCUT2D eigenvalue weighted by Gasteiger charge is -2.22. The van der Waals surface area contributed by atoms with E-state index in [2.05, 4.69) is 29.1 Å². The lowest BCUT2D eigenvalue weighted by atomic mass is 10.1. The number of thiocarbonyl (C=S) groups is 1. The summed E-state index contributed by atoms with van der Waals surface area (Å²) in [5.41, 5.74) is 9.83. The topological polar surface area (TPSA) is 47.1 Å². The van der Waals surface area contributed by atoms with Crippen LogP contribution < -0.4 is 10.6 Å². The SMILES string of the molecule is Cc1ccccc1N(C)c1c(C(N)=S)c(C)nn1C. The smallest absolute Gasteiger partial charge is 0.141 e. The zero-order chi connectivity index (χ0) is 14.2. The predicted octanol–water partition coefficient (Wildman–Crippen LogP) is 2.44. The maximum absolute atomic E-state index is 5.83. The van der Waals surface area contributed by atoms with Crippen LogP contribution >= 0.6 is 12.2 Å². The van der Waals surface area contributed by atoms with E-state index in [0.717, 1.165) is 22.8 Å². The Morgan fingerprint density at radius 1 is 1.32 bits per heavy atom. The Labute approximate surface area is 118 Å². The molecule has 0 saturated carbocycles. The molecule has 2 aromatic rings. The standard InChI is InChI=1S/C14H18N4S/c1-9-7-5-6-8-11(9)17(3)14-12(13(15)19)10(2)16-18(14)4/h5-8H,1-4H3,(H2,15,19). The second-order valence-corrected chi connectivity index (χ2v) is 5.06. The summed E-state index contributed by atoms with van der Waals surface area (Å²) < 4.78 is 1.82. The number of para-hydroxylation sites is 1. The molecule has 2 N–H and O–H groups in total. The Morgan fingerprint density at radius 2 is 1.95 bits per heavy atom. The summed E-state index contributed by atoms with van der Waals surface area (Å²) in [6.07, 6.45) is 0. The maximum atomic E-state index is 5.83. The van der Waals surface area contributed by atoms with Gasteiger partial charge in [-0.25, -0.2) is 0 Å². The fourth-order valence-corrected chi connectivity index (χ4v) is 2.61. The minimum atomic E-state index is 0.376. The van der Waals surface area contributed by atoms with Gasteiger partial charge in [0.25, 0.3) is 0 Å². The lowest BCUT2D eigenvalue weighted by Crippen LogP contribution is -2.20. The van der Waals surface area contributed by atoms with E-state index >= 15 is 0 Å². The zero-order valence-corrected chi connectivity index (χ0v) is 12.5. The molecule has 0 aliphatic carbocycles. The average molecular weight is 274 g/mol. The summed E-state index contributed by atoms with van der Waals surface area (Å²) in [6.45, 7) is 4.00. The van der Waals surface area contributed by atoms with Crippen LogP contribution in [0, 0.1) is 13.8 Å². The molecule has 0 spiro atoms. The lowest BCUT2D eigenvalue weighted by molar-refractivity contribution is 0.750. The number of hydrogen-bond acceptors (Lipinski definition) is 3. The van der Waals surface area contributed by atoms with Crippen LogP contribution in [0.1, 0.15) is 16.8 Å². The molecule has 1 heterocycles. The van der Waals surface area contributed by atoms with Crippen LogP contribution in [0.2, 0.25) is 0 Å². The number of anilines is 2. The third-order valence-corrected chi connectivity index (χ3v) is 3.44. The number of nitrogens with two attached hydrogens (primary N) is 1. The molecule has 1 aromatic heterocycles. The highest BCUT2D eigenvalue weighted by atomic mass is 32.1. The average Bonchev–Trinajstić information content (AvgIpc) is 2.64. The van der Waals surface area contributed by atoms with Crippen LogP contribution in [0.15, 0.2) is 24.3 Å². The maximum Gasteiger partial charge on any atom is 0.141 e. The van der Waals surface area contributed by atoms with E-state index in [4.69, 9.17) is 18.0 Å². The Kier molecular flexibility index (Phi) is 3.57. The number of aryl methyl sites for hydroxylation is 3. The van der Waals surface area contributed by atoms with Gasteiger partial charge in [-0.2, -0.15) is 5.10 Å². The second-order valence-electron chi connectivity index (χ2n) is 4.62. The summed E-state index contributed by atoms with van der Waals surface area (Å²) in [6, 6.07) is 8.19. The third-order valence-electron chi connectivity index (χ3n) is 3.23. The molecule has 0 aliphatic rings. The number of nitrogens with zero attached hydrogens (tertiary/aromatic N) is 3. The van der Waals surface area contributed by atoms with Gasteiger partial charge in [-0.15, -0.1) is 0 Å². The third kappa shape index (κ3) is 2.33. The zero-order valence-electron chi connectivity index (χ0n) is 11.6. The van der Waals surface area contributed by atoms with Gasteiger partial charge in [0.1, 0.15) is 10.8 Å². The normalized spacial score (nSPS) is 10.5. The van der Waals surface area contributed by atoms with Crippen molar-refractivity contribution >= 4 is 28.7 Å². The Hall–Kier alpha value is -1.88. The van der Waals surface area contributed by atoms with E-state index in [1.54, 1.807) is 0 Å². The minimum absolute atomic E-state index is 0.376. The molecule has 0 saturated heterocycles. The van der Waals surface area contributed by atoms with Crippen LogP contribution in [0.3, 0.4) is 0 Å². The van der Waals surface area contributed by atoms with Crippen molar-refractivity contribution in [3.63, 3.8) is 0 Å². The van der Waals surface area contributed by atoms with Gasteiger partial charge in [0.15, 0.2) is 0 Å². The molecule has 2 rings (SSSR count). The summed E-state index contributed by atoms with van der Waals surface area (Å²) in [5.74, 6) is 0.916. The second kappa shape index (κ2) is 5.01. The summed E-state index contributed by atoms with van der Waals surface area (Å²) in [7, 11) is 3.90. The number of benzene rings is 1. The van der Waals surface area contributed by atoms with Gasteiger partial charge in [-0.1, -0.05) is 30.4 Å². The number of rotatable bonds is 3. The van der Waals surface area contributed by atoms with Gasteiger partial charge in [0, 0.05) is 19.8 Å². The molecule has 0 radical (unpaired) electrons. The highest BCUT2D eigenvalue weighted by Crippen LogP contribution is 2.30. The van der Waals surface area contributed by atoms with Crippen LogP contribution in [-0.2, 0) is 7.05 Å². The quantitative estimate of drug-likeness (QED) is 0.873. The molecule has 0 amide bonds. The van der Waals surface area contributed by atoms with E-state index < -0.39 is 0 Å². The van der Waals surface area contributed by atoms with E-state index in [0.29, 0.717) is 4.99 Å². The highest BCUT2D eigenvalue weighted by molar-refractivity contribution is 7.80. The van der Waals surface area contributed by atoms with Crippen molar-refractivity contribution < 1.29 is 0 Å². The Morgan fingerprint density at radius 3 is 2.53 bits per heavy atom. The van der Waals surface area contributed by atoms with Gasteiger partial charge in [0.05, 0.1) is 11.3 Å². The molecule has 0 bridgehead atoms. The fourth-order valence-electron chi connectivity index (χ4n) is 2.37. The van der Waals surface area contributed by atoms with Crippen LogP contribution in [-0.4, -0.2) is 21.8 Å². The predicted molar refractivity (Wildman–Crippen MR) is 83.1 cm³/mol. The van der Waals surface area contributed by atoms with Crippen molar-refractivity contribution in [3.05, 3.63) is 41.1 Å². The molecule has 100 valence electrons. The van der Waals surface area contributed by atoms with E-state index in [1.165, 1.54) is 5.56 Å². The molecule has 0 unspecified atom stereocenters. The minimum Gasteiger partial charge on any atom is -0.389 e. The van der Waals surface area contributed by atoms with Crippen molar-refractivity contribution in [2.75, 3.05) is 11.9 Å². The van der Waals surface area contributed by atoms with Crippen LogP contribution in [0.4, 0.5) is 11.5 Å². The molecule has 5 heteroatoms. The molecule has 19 heavy (non-hydrogen) atoms. The van der Waals surface area contributed by atoms with Crippen LogP contribution in [0.5, 0.6) is 0 Å². The molecule has 0 atom stereocenters. The van der Waals surface area contributed by atoms with E-state index in [-0.39, 0.29) is 0 Å². The Balaban J connectivity index is 2.59. The fraction of sp³-hybridized carbons (Fsp3) is 0.286. The monoisotopic (exact) mass is 274 g/mol. The first-order chi connectivity index (χ1) is 8.93. The van der Waals surface area contributed by atoms with Gasteiger partial charge in [-0.3, -0.25) is 4.68 Å². The van der Waals surface area contributed by atoms with Crippen molar-refractivity contribution in [2.45, 2.75) is 13.8 Å². The van der Waals surface area contributed by atoms with Gasteiger partial charge >= 0.3 is 0 Å². The van der Waals surface area contributed by atoms with E-state index in [9.17, 15) is 0 Å². The van der Waals surface area contributed by atoms with Crippen molar-refractivity contribution in [1.82, 2.24) is 9.78 Å². The van der Waals surface area contributed by atoms with Crippen molar-refractivity contribution in [1.29, 1.82) is 0 Å².